The van der Waals surface area contributed by atoms with Crippen LogP contribution >= 0.6 is 11.6 Å². The van der Waals surface area contributed by atoms with Crippen LogP contribution in [-0.2, 0) is 5.41 Å². The number of halogens is 1. The number of aromatic nitrogens is 3. The zero-order chi connectivity index (χ0) is 13.3. The maximum Gasteiger partial charge on any atom is 0.254 e. The van der Waals surface area contributed by atoms with Gasteiger partial charge in [0.1, 0.15) is 0 Å². The lowest BCUT2D eigenvalue weighted by Gasteiger charge is -2.14. The molecule has 2 aromatic rings. The summed E-state index contributed by atoms with van der Waals surface area (Å²) in [5.74, 6) is 0. The molecule has 5 heteroatoms. The van der Waals surface area contributed by atoms with Gasteiger partial charge in [-0.15, -0.1) is 0 Å². The number of aromatic amines is 1. The Kier molecular flexibility index (Phi) is 3.22. The molecule has 2 aromatic heterocycles. The second kappa shape index (κ2) is 4.53. The smallest absolute Gasteiger partial charge is 0.254 e. The molecule has 0 aliphatic heterocycles. The number of H-pyrrole nitrogens is 1. The molecule has 1 N–H and O–H groups in total. The molecule has 2 heterocycles. The topological polar surface area (TPSA) is 58.6 Å². The van der Waals surface area contributed by atoms with Gasteiger partial charge in [-0.05, 0) is 23.7 Å². The number of nitrogens with one attached hydrogen (secondary N) is 1. The van der Waals surface area contributed by atoms with E-state index in [1.165, 1.54) is 6.20 Å². The highest BCUT2D eigenvalue weighted by Crippen LogP contribution is 2.27. The fourth-order valence-electron chi connectivity index (χ4n) is 1.62. The van der Waals surface area contributed by atoms with Gasteiger partial charge in [-0.25, -0.2) is 0 Å². The summed E-state index contributed by atoms with van der Waals surface area (Å²) in [5, 5.41) is 6.69. The molecule has 2 rings (SSSR count). The molecule has 18 heavy (non-hydrogen) atoms. The van der Waals surface area contributed by atoms with Gasteiger partial charge in [0.25, 0.3) is 5.24 Å². The van der Waals surface area contributed by atoms with E-state index in [0.29, 0.717) is 16.8 Å². The number of carbonyl (C=O) groups is 1. The van der Waals surface area contributed by atoms with Crippen LogP contribution in [0.15, 0.2) is 24.5 Å². The minimum atomic E-state index is -0.529. The lowest BCUT2D eigenvalue weighted by atomic mass is 9.92. The SMILES string of the molecule is CC(C)(C)c1cc(-c2ccncc2C(=O)Cl)n[nH]1. The first-order valence-electron chi connectivity index (χ1n) is 5.59. The van der Waals surface area contributed by atoms with Crippen LogP contribution < -0.4 is 0 Å². The van der Waals surface area contributed by atoms with Crippen LogP contribution in [0.5, 0.6) is 0 Å². The van der Waals surface area contributed by atoms with Gasteiger partial charge in [0.05, 0.1) is 11.3 Å². The van der Waals surface area contributed by atoms with Crippen LogP contribution in [0.1, 0.15) is 36.8 Å². The van der Waals surface area contributed by atoms with Crippen LogP contribution in [0.4, 0.5) is 0 Å². The van der Waals surface area contributed by atoms with E-state index in [-0.39, 0.29) is 5.41 Å². The molecule has 0 saturated carbocycles. The Bertz CT molecular complexity index is 584. The van der Waals surface area contributed by atoms with Crippen molar-refractivity contribution in [3.63, 3.8) is 0 Å². The third-order valence-electron chi connectivity index (χ3n) is 2.69. The zero-order valence-corrected chi connectivity index (χ0v) is 11.2. The van der Waals surface area contributed by atoms with E-state index in [9.17, 15) is 4.79 Å². The van der Waals surface area contributed by atoms with Crippen molar-refractivity contribution in [1.82, 2.24) is 15.2 Å². The Morgan fingerprint density at radius 2 is 2.11 bits per heavy atom. The number of pyridine rings is 1. The fourth-order valence-corrected chi connectivity index (χ4v) is 1.77. The third-order valence-corrected chi connectivity index (χ3v) is 2.90. The summed E-state index contributed by atoms with van der Waals surface area (Å²) in [6.07, 6.45) is 3.07. The molecule has 0 aliphatic carbocycles. The Balaban J connectivity index is 2.50. The van der Waals surface area contributed by atoms with Crippen molar-refractivity contribution in [1.29, 1.82) is 0 Å². The first-order chi connectivity index (χ1) is 8.39. The normalized spacial score (nSPS) is 11.6. The van der Waals surface area contributed by atoms with E-state index in [1.54, 1.807) is 12.3 Å². The number of hydrogen-bond acceptors (Lipinski definition) is 3. The monoisotopic (exact) mass is 263 g/mol. The predicted molar refractivity (Wildman–Crippen MR) is 70.7 cm³/mol. The maximum absolute atomic E-state index is 11.3. The average molecular weight is 264 g/mol. The number of nitrogens with zero attached hydrogens (tertiary/aromatic N) is 2. The summed E-state index contributed by atoms with van der Waals surface area (Å²) in [6.45, 7) is 6.26. The highest BCUT2D eigenvalue weighted by Gasteiger charge is 2.19. The molecule has 0 aliphatic rings. The van der Waals surface area contributed by atoms with Gasteiger partial charge in [-0.1, -0.05) is 20.8 Å². The van der Waals surface area contributed by atoms with Gasteiger partial charge in [0.15, 0.2) is 0 Å². The molecule has 0 fully saturated rings. The molecule has 4 nitrogen and oxygen atoms in total. The van der Waals surface area contributed by atoms with E-state index in [4.69, 9.17) is 11.6 Å². The van der Waals surface area contributed by atoms with Crippen LogP contribution in [0.3, 0.4) is 0 Å². The van der Waals surface area contributed by atoms with Gasteiger partial charge < -0.3 is 0 Å². The van der Waals surface area contributed by atoms with E-state index in [0.717, 1.165) is 5.69 Å². The number of hydrogen-bond donors (Lipinski definition) is 1. The molecule has 0 atom stereocenters. The fraction of sp³-hybridized carbons (Fsp3) is 0.308. The molecule has 0 spiro atoms. The summed E-state index contributed by atoms with van der Waals surface area (Å²) in [4.78, 5) is 15.2. The van der Waals surface area contributed by atoms with Crippen molar-refractivity contribution in [2.24, 2.45) is 0 Å². The van der Waals surface area contributed by atoms with Crippen LogP contribution in [0.25, 0.3) is 11.3 Å². The third kappa shape index (κ3) is 2.43. The van der Waals surface area contributed by atoms with Gasteiger partial charge in [-0.3, -0.25) is 14.9 Å². The lowest BCUT2D eigenvalue weighted by molar-refractivity contribution is 0.108. The van der Waals surface area contributed by atoms with Crippen molar-refractivity contribution < 1.29 is 4.79 Å². The number of rotatable bonds is 2. The van der Waals surface area contributed by atoms with E-state index < -0.39 is 5.24 Å². The first-order valence-corrected chi connectivity index (χ1v) is 5.97. The summed E-state index contributed by atoms with van der Waals surface area (Å²) in [5.41, 5.74) is 2.74. The average Bonchev–Trinajstić information content (AvgIpc) is 2.77. The van der Waals surface area contributed by atoms with E-state index >= 15 is 0 Å². The Hall–Kier alpha value is -1.68. The van der Waals surface area contributed by atoms with Crippen molar-refractivity contribution in [3.05, 3.63) is 35.8 Å². The first kappa shape index (κ1) is 12.8. The molecule has 0 saturated heterocycles. The maximum atomic E-state index is 11.3. The second-order valence-corrected chi connectivity index (χ2v) is 5.46. The standard InChI is InChI=1S/C13H14ClN3O/c1-13(2,3)11-6-10(16-17-11)8-4-5-15-7-9(8)12(14)18/h4-7H,1-3H3,(H,16,17). The lowest BCUT2D eigenvalue weighted by Crippen LogP contribution is -2.11. The second-order valence-electron chi connectivity index (χ2n) is 5.11. The van der Waals surface area contributed by atoms with Crippen molar-refractivity contribution >= 4 is 16.8 Å². The molecule has 0 amide bonds. The minimum absolute atomic E-state index is 0.0244. The van der Waals surface area contributed by atoms with Gasteiger partial charge in [0, 0.05) is 29.1 Å². The van der Waals surface area contributed by atoms with Crippen LogP contribution in [0, 0.1) is 0 Å². The molecule has 0 unspecified atom stereocenters. The van der Waals surface area contributed by atoms with Crippen molar-refractivity contribution in [2.45, 2.75) is 26.2 Å². The van der Waals surface area contributed by atoms with Crippen LogP contribution in [-0.4, -0.2) is 20.4 Å². The van der Waals surface area contributed by atoms with Crippen molar-refractivity contribution in [3.8, 4) is 11.3 Å². The predicted octanol–water partition coefficient (Wildman–Crippen LogP) is 3.15. The molecule has 0 bridgehead atoms. The Morgan fingerprint density at radius 1 is 1.39 bits per heavy atom. The zero-order valence-electron chi connectivity index (χ0n) is 10.5. The van der Waals surface area contributed by atoms with E-state index in [2.05, 4.69) is 36.0 Å². The summed E-state index contributed by atoms with van der Waals surface area (Å²) >= 11 is 5.54. The molecular weight excluding hydrogens is 250 g/mol. The van der Waals surface area contributed by atoms with E-state index in [1.807, 2.05) is 6.07 Å². The van der Waals surface area contributed by atoms with Gasteiger partial charge >= 0.3 is 0 Å². The minimum Gasteiger partial charge on any atom is -0.281 e. The highest BCUT2D eigenvalue weighted by atomic mass is 35.5. The molecule has 94 valence electrons. The molecule has 0 aromatic carbocycles. The Labute approximate surface area is 110 Å². The Morgan fingerprint density at radius 3 is 2.67 bits per heavy atom. The summed E-state index contributed by atoms with van der Waals surface area (Å²) < 4.78 is 0. The van der Waals surface area contributed by atoms with Gasteiger partial charge in [0.2, 0.25) is 0 Å². The van der Waals surface area contributed by atoms with Gasteiger partial charge in [-0.2, -0.15) is 5.10 Å². The quantitative estimate of drug-likeness (QED) is 0.847. The molecule has 0 radical (unpaired) electrons. The largest absolute Gasteiger partial charge is 0.281 e. The van der Waals surface area contributed by atoms with Crippen LogP contribution in [0.2, 0.25) is 0 Å². The number of carbonyl (C=O) groups excluding carboxylic acids is 1. The summed E-state index contributed by atoms with van der Waals surface area (Å²) in [6, 6.07) is 3.66. The highest BCUT2D eigenvalue weighted by molar-refractivity contribution is 6.68. The molecular formula is C13H14ClN3O. The summed E-state index contributed by atoms with van der Waals surface area (Å²) in [7, 11) is 0. The van der Waals surface area contributed by atoms with Crippen molar-refractivity contribution in [2.75, 3.05) is 0 Å².